The zero-order chi connectivity index (χ0) is 26.1. The third-order valence-electron chi connectivity index (χ3n) is 4.80. The number of benzene rings is 2. The van der Waals surface area contributed by atoms with Crippen molar-refractivity contribution in [2.45, 2.75) is 51.6 Å². The molecule has 0 aromatic heterocycles. The van der Waals surface area contributed by atoms with Gasteiger partial charge in [0.25, 0.3) is 5.91 Å². The number of hydrogen-bond donors (Lipinski definition) is 0. The number of likely N-dealkylation sites (tertiary alicyclic amines) is 1. The number of rotatable bonds is 5. The standard InChI is InChI=1S/C23H21Cl2F4NO5/c1-22(2,3)35-21(32)17-5-4-8-30(17)20(31)13-10-15(25)19(11-16(13)26)33-12-6-7-18(14(24)9-12)34-23(27,28)29/h6-7,9-11,17H,4-5,8H2,1-3H3. The molecule has 0 saturated carbocycles. The van der Waals surface area contributed by atoms with Crippen molar-refractivity contribution in [2.75, 3.05) is 6.54 Å². The molecule has 6 nitrogen and oxygen atoms in total. The first-order valence-corrected chi connectivity index (χ1v) is 11.2. The number of ether oxygens (including phenoxy) is 3. The highest BCUT2D eigenvalue weighted by atomic mass is 35.5. The van der Waals surface area contributed by atoms with Crippen LogP contribution in [0, 0.1) is 5.82 Å². The van der Waals surface area contributed by atoms with E-state index >= 15 is 0 Å². The molecule has 1 amide bonds. The molecule has 190 valence electrons. The summed E-state index contributed by atoms with van der Waals surface area (Å²) in [6, 6.07) is 4.15. The van der Waals surface area contributed by atoms with Gasteiger partial charge in [-0.05, 0) is 51.8 Å². The minimum atomic E-state index is -4.93. The molecule has 2 aromatic carbocycles. The van der Waals surface area contributed by atoms with Crippen LogP contribution in [-0.4, -0.2) is 41.3 Å². The van der Waals surface area contributed by atoms with E-state index in [1.807, 2.05) is 0 Å². The van der Waals surface area contributed by atoms with Gasteiger partial charge in [0.05, 0.1) is 15.6 Å². The first kappa shape index (κ1) is 26.9. The van der Waals surface area contributed by atoms with E-state index in [1.54, 1.807) is 20.8 Å². The molecule has 3 rings (SSSR count). The zero-order valence-electron chi connectivity index (χ0n) is 18.8. The van der Waals surface area contributed by atoms with E-state index in [-0.39, 0.29) is 28.6 Å². The molecule has 35 heavy (non-hydrogen) atoms. The fourth-order valence-electron chi connectivity index (χ4n) is 3.43. The van der Waals surface area contributed by atoms with Gasteiger partial charge in [-0.1, -0.05) is 23.2 Å². The van der Waals surface area contributed by atoms with E-state index in [0.29, 0.717) is 12.8 Å². The Morgan fingerprint density at radius 2 is 1.69 bits per heavy atom. The number of esters is 1. The molecular weight excluding hydrogens is 517 g/mol. The van der Waals surface area contributed by atoms with Crippen LogP contribution in [0.15, 0.2) is 30.3 Å². The second-order valence-corrected chi connectivity index (χ2v) is 9.51. The lowest BCUT2D eigenvalue weighted by Crippen LogP contribution is -2.43. The third-order valence-corrected chi connectivity index (χ3v) is 5.39. The van der Waals surface area contributed by atoms with Crippen LogP contribution < -0.4 is 9.47 Å². The minimum Gasteiger partial charge on any atom is -0.458 e. The Bertz CT molecular complexity index is 1130. The van der Waals surface area contributed by atoms with Crippen LogP contribution in [-0.2, 0) is 9.53 Å². The summed E-state index contributed by atoms with van der Waals surface area (Å²) in [5.41, 5.74) is -1.12. The van der Waals surface area contributed by atoms with E-state index in [1.165, 1.54) is 4.90 Å². The highest BCUT2D eigenvalue weighted by Crippen LogP contribution is 2.37. The van der Waals surface area contributed by atoms with E-state index < -0.39 is 46.5 Å². The predicted molar refractivity (Wildman–Crippen MR) is 120 cm³/mol. The van der Waals surface area contributed by atoms with Crippen molar-refractivity contribution < 1.29 is 41.4 Å². The summed E-state index contributed by atoms with van der Waals surface area (Å²) in [6.45, 7) is 5.35. The van der Waals surface area contributed by atoms with Gasteiger partial charge in [-0.25, -0.2) is 9.18 Å². The van der Waals surface area contributed by atoms with Crippen molar-refractivity contribution in [1.82, 2.24) is 4.90 Å². The molecule has 0 spiro atoms. The summed E-state index contributed by atoms with van der Waals surface area (Å²) in [5, 5.41) is -0.542. The topological polar surface area (TPSA) is 65.1 Å². The van der Waals surface area contributed by atoms with Crippen molar-refractivity contribution in [3.05, 3.63) is 51.8 Å². The third kappa shape index (κ3) is 6.91. The van der Waals surface area contributed by atoms with Crippen molar-refractivity contribution in [3.63, 3.8) is 0 Å². The largest absolute Gasteiger partial charge is 0.573 e. The molecular formula is C23H21Cl2F4NO5. The van der Waals surface area contributed by atoms with Gasteiger partial charge in [0.15, 0.2) is 0 Å². The molecule has 1 fully saturated rings. The molecule has 0 N–H and O–H groups in total. The van der Waals surface area contributed by atoms with Crippen LogP contribution in [0.25, 0.3) is 0 Å². The summed E-state index contributed by atoms with van der Waals surface area (Å²) in [4.78, 5) is 26.8. The first-order valence-electron chi connectivity index (χ1n) is 10.4. The maximum Gasteiger partial charge on any atom is 0.573 e. The van der Waals surface area contributed by atoms with Gasteiger partial charge in [-0.15, -0.1) is 13.2 Å². The molecule has 1 heterocycles. The SMILES string of the molecule is CC(C)(C)OC(=O)C1CCCN1C(=O)c1cc(Cl)c(Oc2ccc(OC(F)(F)F)c(Cl)c2)cc1F. The van der Waals surface area contributed by atoms with Crippen LogP contribution in [0.1, 0.15) is 44.0 Å². The normalized spacial score (nSPS) is 16.3. The van der Waals surface area contributed by atoms with Crippen LogP contribution >= 0.6 is 23.2 Å². The molecule has 0 aliphatic carbocycles. The monoisotopic (exact) mass is 537 g/mol. The minimum absolute atomic E-state index is 0.0468. The maximum absolute atomic E-state index is 14.9. The van der Waals surface area contributed by atoms with E-state index in [9.17, 15) is 27.2 Å². The zero-order valence-corrected chi connectivity index (χ0v) is 20.4. The van der Waals surface area contributed by atoms with Crippen molar-refractivity contribution in [2.24, 2.45) is 0 Å². The van der Waals surface area contributed by atoms with Gasteiger partial charge in [-0.3, -0.25) is 4.79 Å². The second kappa shape index (κ2) is 10.1. The summed E-state index contributed by atoms with van der Waals surface area (Å²) in [6.07, 6.45) is -4.01. The van der Waals surface area contributed by atoms with Crippen LogP contribution in [0.2, 0.25) is 10.0 Å². The van der Waals surface area contributed by atoms with Crippen LogP contribution in [0.5, 0.6) is 17.2 Å². The molecule has 1 unspecified atom stereocenters. The first-order chi connectivity index (χ1) is 16.1. The van der Waals surface area contributed by atoms with Gasteiger partial charge in [0.2, 0.25) is 0 Å². The van der Waals surface area contributed by atoms with Crippen molar-refractivity contribution in [3.8, 4) is 17.2 Å². The fraction of sp³-hybridized carbons (Fsp3) is 0.391. The summed E-state index contributed by atoms with van der Waals surface area (Å²) >= 11 is 12.0. The smallest absolute Gasteiger partial charge is 0.458 e. The van der Waals surface area contributed by atoms with Crippen molar-refractivity contribution >= 4 is 35.1 Å². The summed E-state index contributed by atoms with van der Waals surface area (Å²) < 4.78 is 66.7. The number of hydrogen-bond acceptors (Lipinski definition) is 5. The highest BCUT2D eigenvalue weighted by molar-refractivity contribution is 6.32. The van der Waals surface area contributed by atoms with Gasteiger partial charge < -0.3 is 19.1 Å². The molecule has 0 radical (unpaired) electrons. The average molecular weight is 538 g/mol. The Kier molecular flexibility index (Phi) is 7.76. The molecule has 2 aromatic rings. The quantitative estimate of drug-likeness (QED) is 0.311. The van der Waals surface area contributed by atoms with Crippen molar-refractivity contribution in [1.29, 1.82) is 0 Å². The Hall–Kier alpha value is -2.72. The summed E-state index contributed by atoms with van der Waals surface area (Å²) in [5.74, 6) is -3.17. The lowest BCUT2D eigenvalue weighted by Gasteiger charge is -2.27. The molecule has 1 saturated heterocycles. The fourth-order valence-corrected chi connectivity index (χ4v) is 3.84. The van der Waals surface area contributed by atoms with Crippen LogP contribution in [0.3, 0.4) is 0 Å². The number of halogens is 6. The highest BCUT2D eigenvalue weighted by Gasteiger charge is 2.38. The maximum atomic E-state index is 14.9. The van der Waals surface area contributed by atoms with Gasteiger partial charge in [0.1, 0.15) is 34.7 Å². The molecule has 0 bridgehead atoms. The Labute approximate surface area is 208 Å². The predicted octanol–water partition coefficient (Wildman–Crippen LogP) is 6.77. The lowest BCUT2D eigenvalue weighted by atomic mass is 10.1. The van der Waals surface area contributed by atoms with Gasteiger partial charge >= 0.3 is 12.3 Å². The number of alkyl halides is 3. The van der Waals surface area contributed by atoms with E-state index in [2.05, 4.69) is 4.74 Å². The summed E-state index contributed by atoms with van der Waals surface area (Å²) in [7, 11) is 0. The molecule has 12 heteroatoms. The Morgan fingerprint density at radius 3 is 2.29 bits per heavy atom. The second-order valence-electron chi connectivity index (χ2n) is 8.69. The molecule has 1 atom stereocenters. The Morgan fingerprint density at radius 1 is 1.03 bits per heavy atom. The number of carbonyl (C=O) groups excluding carboxylic acids is 2. The Balaban J connectivity index is 1.79. The average Bonchev–Trinajstić information content (AvgIpc) is 3.20. The van der Waals surface area contributed by atoms with Gasteiger partial charge in [0, 0.05) is 18.7 Å². The number of nitrogens with zero attached hydrogens (tertiary/aromatic N) is 1. The van der Waals surface area contributed by atoms with Crippen LogP contribution in [0.4, 0.5) is 17.6 Å². The van der Waals surface area contributed by atoms with E-state index in [4.69, 9.17) is 32.7 Å². The number of carbonyl (C=O) groups is 2. The van der Waals surface area contributed by atoms with E-state index in [0.717, 1.165) is 30.3 Å². The lowest BCUT2D eigenvalue weighted by molar-refractivity contribution is -0.274. The molecule has 1 aliphatic heterocycles. The molecule has 1 aliphatic rings. The number of amides is 1. The van der Waals surface area contributed by atoms with Gasteiger partial charge in [-0.2, -0.15) is 0 Å².